The van der Waals surface area contributed by atoms with Crippen LogP contribution in [0.15, 0.2) is 0 Å². The first-order chi connectivity index (χ1) is 5.37. The minimum atomic E-state index is -1.54. The average molecular weight is 183 g/mol. The van der Waals surface area contributed by atoms with Crippen LogP contribution in [0, 0.1) is 17.2 Å². The molecule has 68 valence electrons. The smallest absolute Gasteiger partial charge is 0.185 e. The second-order valence-corrected chi connectivity index (χ2v) is 9.26. The molecule has 1 fully saturated rings. The first kappa shape index (κ1) is 9.75. The van der Waals surface area contributed by atoms with Crippen molar-refractivity contribution in [2.45, 2.75) is 45.0 Å². The Bertz CT molecular complexity index is 208. The fourth-order valence-electron chi connectivity index (χ4n) is 1.85. The molecule has 12 heavy (non-hydrogen) atoms. The first-order valence-corrected chi connectivity index (χ1v) is 7.89. The Morgan fingerprint density at radius 1 is 1.42 bits per heavy atom. The molecule has 0 atom stereocenters. The number of hydrogen-bond acceptors (Lipinski definition) is 2. The summed E-state index contributed by atoms with van der Waals surface area (Å²) in [5.74, 6) is 0.668. The third-order valence-electron chi connectivity index (χ3n) is 2.06. The van der Waals surface area contributed by atoms with E-state index < -0.39 is 13.9 Å². The van der Waals surface area contributed by atoms with E-state index in [1.165, 1.54) is 0 Å². The zero-order valence-electron chi connectivity index (χ0n) is 8.35. The zero-order chi connectivity index (χ0) is 9.41. The fourth-order valence-corrected chi connectivity index (χ4v) is 3.23. The van der Waals surface area contributed by atoms with Crippen molar-refractivity contribution >= 4 is 8.32 Å². The van der Waals surface area contributed by atoms with Gasteiger partial charge in [-0.25, -0.2) is 0 Å². The third kappa shape index (κ3) is 2.08. The Kier molecular flexibility index (Phi) is 2.32. The fraction of sp³-hybridized carbons (Fsp3) is 0.889. The minimum absolute atomic E-state index is 0.413. The van der Waals surface area contributed by atoms with Gasteiger partial charge in [-0.15, -0.1) is 0 Å². The van der Waals surface area contributed by atoms with E-state index in [4.69, 9.17) is 9.69 Å². The van der Waals surface area contributed by atoms with Gasteiger partial charge in [-0.05, 0) is 38.4 Å². The highest BCUT2D eigenvalue weighted by atomic mass is 28.4. The number of nitrogens with zero attached hydrogens (tertiary/aromatic N) is 1. The molecule has 0 radical (unpaired) electrons. The second-order valence-electron chi connectivity index (χ2n) is 4.83. The number of rotatable bonds is 2. The van der Waals surface area contributed by atoms with Gasteiger partial charge in [0.25, 0.3) is 0 Å². The number of nitriles is 1. The van der Waals surface area contributed by atoms with Crippen LogP contribution in [0.3, 0.4) is 0 Å². The van der Waals surface area contributed by atoms with Gasteiger partial charge in [0.05, 0.1) is 6.07 Å². The van der Waals surface area contributed by atoms with E-state index >= 15 is 0 Å². The van der Waals surface area contributed by atoms with Gasteiger partial charge in [0.2, 0.25) is 0 Å². The van der Waals surface area contributed by atoms with E-state index in [0.717, 1.165) is 12.8 Å². The Balaban J connectivity index is 2.56. The highest BCUT2D eigenvalue weighted by Gasteiger charge is 2.46. The molecular formula is C9H17NOSi. The van der Waals surface area contributed by atoms with Gasteiger partial charge >= 0.3 is 0 Å². The minimum Gasteiger partial charge on any atom is -0.400 e. The third-order valence-corrected chi connectivity index (χ3v) is 3.06. The van der Waals surface area contributed by atoms with Crippen LogP contribution in [0.2, 0.25) is 19.6 Å². The molecule has 0 spiro atoms. The maximum absolute atomic E-state index is 8.96. The van der Waals surface area contributed by atoms with Crippen LogP contribution < -0.4 is 0 Å². The molecule has 0 heterocycles. The lowest BCUT2D eigenvalue weighted by Gasteiger charge is -2.44. The van der Waals surface area contributed by atoms with Crippen LogP contribution in [0.1, 0.15) is 19.8 Å². The largest absolute Gasteiger partial charge is 0.400 e. The molecule has 1 aliphatic rings. The second kappa shape index (κ2) is 2.86. The van der Waals surface area contributed by atoms with Crippen molar-refractivity contribution in [3.63, 3.8) is 0 Å². The lowest BCUT2D eigenvalue weighted by atomic mass is 9.73. The van der Waals surface area contributed by atoms with Gasteiger partial charge in [-0.3, -0.25) is 0 Å². The molecule has 0 aromatic heterocycles. The van der Waals surface area contributed by atoms with E-state index in [9.17, 15) is 0 Å². The van der Waals surface area contributed by atoms with Crippen LogP contribution in [0.4, 0.5) is 0 Å². The molecule has 0 aliphatic heterocycles. The molecule has 0 unspecified atom stereocenters. The summed E-state index contributed by atoms with van der Waals surface area (Å²) in [5, 5.41) is 8.96. The average Bonchev–Trinajstić information content (AvgIpc) is 1.80. The zero-order valence-corrected chi connectivity index (χ0v) is 9.35. The number of hydrogen-bond donors (Lipinski definition) is 0. The summed E-state index contributed by atoms with van der Waals surface area (Å²) >= 11 is 0. The normalized spacial score (nSPS) is 35.4. The van der Waals surface area contributed by atoms with Crippen LogP contribution in [0.25, 0.3) is 0 Å². The van der Waals surface area contributed by atoms with E-state index in [1.54, 1.807) is 0 Å². The van der Waals surface area contributed by atoms with Crippen LogP contribution >= 0.6 is 0 Å². The first-order valence-electron chi connectivity index (χ1n) is 4.48. The summed E-state index contributed by atoms with van der Waals surface area (Å²) in [6.45, 7) is 8.57. The highest BCUT2D eigenvalue weighted by molar-refractivity contribution is 6.69. The van der Waals surface area contributed by atoms with Gasteiger partial charge in [-0.1, -0.05) is 6.92 Å². The van der Waals surface area contributed by atoms with Gasteiger partial charge < -0.3 is 4.43 Å². The molecule has 1 aliphatic carbocycles. The van der Waals surface area contributed by atoms with Crippen LogP contribution in [-0.4, -0.2) is 13.9 Å². The lowest BCUT2D eigenvalue weighted by Crippen LogP contribution is -2.50. The SMILES string of the molecule is CC1CC(C#N)(O[Si](C)(C)C)C1. The van der Waals surface area contributed by atoms with Crippen molar-refractivity contribution in [3.8, 4) is 6.07 Å². The van der Waals surface area contributed by atoms with E-state index in [0.29, 0.717) is 5.92 Å². The molecule has 0 bridgehead atoms. The summed E-state index contributed by atoms with van der Waals surface area (Å²) in [6.07, 6.45) is 1.85. The van der Waals surface area contributed by atoms with E-state index in [2.05, 4.69) is 32.6 Å². The summed E-state index contributed by atoms with van der Waals surface area (Å²) in [6, 6.07) is 2.31. The van der Waals surface area contributed by atoms with Crippen LogP contribution in [0.5, 0.6) is 0 Å². The van der Waals surface area contributed by atoms with Gasteiger partial charge in [-0.2, -0.15) is 5.26 Å². The molecule has 2 nitrogen and oxygen atoms in total. The predicted molar refractivity (Wildman–Crippen MR) is 51.2 cm³/mol. The highest BCUT2D eigenvalue weighted by Crippen LogP contribution is 2.41. The monoisotopic (exact) mass is 183 g/mol. The topological polar surface area (TPSA) is 33.0 Å². The van der Waals surface area contributed by atoms with Gasteiger partial charge in [0.1, 0.15) is 5.60 Å². The summed E-state index contributed by atoms with van der Waals surface area (Å²) in [5.41, 5.74) is -0.413. The van der Waals surface area contributed by atoms with Crippen molar-refractivity contribution in [1.82, 2.24) is 0 Å². The molecule has 0 amide bonds. The molecule has 0 aromatic carbocycles. The van der Waals surface area contributed by atoms with E-state index in [-0.39, 0.29) is 0 Å². The lowest BCUT2D eigenvalue weighted by molar-refractivity contribution is 0.0000123. The Labute approximate surface area is 75.7 Å². The standard InChI is InChI=1S/C9H17NOSi/c1-8-5-9(6-8,7-10)11-12(2,3)4/h8H,5-6H2,1-4H3. The molecule has 0 aromatic rings. The maximum atomic E-state index is 8.96. The summed E-state index contributed by atoms with van der Waals surface area (Å²) < 4.78 is 5.86. The molecular weight excluding hydrogens is 166 g/mol. The Morgan fingerprint density at radius 2 is 1.92 bits per heavy atom. The Morgan fingerprint density at radius 3 is 2.17 bits per heavy atom. The summed E-state index contributed by atoms with van der Waals surface area (Å²) in [4.78, 5) is 0. The van der Waals surface area contributed by atoms with Gasteiger partial charge in [0, 0.05) is 0 Å². The maximum Gasteiger partial charge on any atom is 0.185 e. The molecule has 1 rings (SSSR count). The van der Waals surface area contributed by atoms with Gasteiger partial charge in [0.15, 0.2) is 8.32 Å². The van der Waals surface area contributed by atoms with Crippen molar-refractivity contribution in [2.75, 3.05) is 0 Å². The quantitative estimate of drug-likeness (QED) is 0.616. The Hall–Kier alpha value is -0.333. The molecule has 3 heteroatoms. The van der Waals surface area contributed by atoms with Crippen molar-refractivity contribution in [3.05, 3.63) is 0 Å². The van der Waals surface area contributed by atoms with E-state index in [1.807, 2.05) is 0 Å². The molecule has 0 saturated heterocycles. The van der Waals surface area contributed by atoms with Crippen molar-refractivity contribution < 1.29 is 4.43 Å². The molecule has 1 saturated carbocycles. The van der Waals surface area contributed by atoms with Crippen LogP contribution in [-0.2, 0) is 4.43 Å². The molecule has 0 N–H and O–H groups in total. The van der Waals surface area contributed by atoms with Crippen molar-refractivity contribution in [2.24, 2.45) is 5.92 Å². The summed E-state index contributed by atoms with van der Waals surface area (Å²) in [7, 11) is -1.54. The van der Waals surface area contributed by atoms with Crippen molar-refractivity contribution in [1.29, 1.82) is 5.26 Å². The predicted octanol–water partition coefficient (Wildman–Crippen LogP) is 2.53.